The lowest BCUT2D eigenvalue weighted by atomic mass is 10.2. The molecule has 9 heteroatoms. The van der Waals surface area contributed by atoms with Gasteiger partial charge in [0.15, 0.2) is 11.5 Å². The number of benzene rings is 1. The summed E-state index contributed by atoms with van der Waals surface area (Å²) in [7, 11) is 0.726. The molecule has 0 unspecified atom stereocenters. The minimum Gasteiger partial charge on any atom is -0.493 e. The second-order valence-corrected chi connectivity index (χ2v) is 6.27. The Hall–Kier alpha value is -2.55. The first kappa shape index (κ1) is 16.8. The second-order valence-electron chi connectivity index (χ2n) is 4.36. The molecule has 1 heterocycles. The highest BCUT2D eigenvalue weighted by Gasteiger charge is 2.23. The van der Waals surface area contributed by atoms with Crippen LogP contribution < -0.4 is 14.2 Å². The molecule has 0 aliphatic heterocycles. The molecule has 0 bridgehead atoms. The zero-order valence-electron chi connectivity index (χ0n) is 12.9. The summed E-state index contributed by atoms with van der Waals surface area (Å²) in [5, 5.41) is 6.86. The van der Waals surface area contributed by atoms with E-state index in [1.807, 2.05) is 0 Å². The maximum atomic E-state index is 11.9. The van der Waals surface area contributed by atoms with E-state index < -0.39 is 15.1 Å². The maximum Gasteiger partial charge on any atom is 0.336 e. The Labute approximate surface area is 133 Å². The van der Waals surface area contributed by atoms with Crippen molar-refractivity contribution in [3.63, 3.8) is 0 Å². The van der Waals surface area contributed by atoms with Gasteiger partial charge in [0.1, 0.15) is 0 Å². The monoisotopic (exact) mass is 340 g/mol. The van der Waals surface area contributed by atoms with Gasteiger partial charge in [0.05, 0.1) is 27.1 Å². The number of aromatic nitrogens is 2. The highest BCUT2D eigenvalue weighted by atomic mass is 32.2. The van der Waals surface area contributed by atoms with Crippen molar-refractivity contribution in [2.75, 3.05) is 27.1 Å². The average molecular weight is 340 g/mol. The van der Waals surface area contributed by atoms with E-state index in [2.05, 4.69) is 16.8 Å². The van der Waals surface area contributed by atoms with Crippen molar-refractivity contribution in [1.82, 2.24) is 10.2 Å². The summed E-state index contributed by atoms with van der Waals surface area (Å²) in [6, 6.07) is 3.16. The molecular formula is C14H16N2O6S. The molecule has 0 atom stereocenters. The topological polar surface area (TPSA) is 101 Å². The van der Waals surface area contributed by atoms with Crippen LogP contribution in [0.2, 0.25) is 0 Å². The summed E-state index contributed by atoms with van der Waals surface area (Å²) in [4.78, 5) is 0. The first-order chi connectivity index (χ1) is 11.0. The van der Waals surface area contributed by atoms with Gasteiger partial charge in [0.25, 0.3) is 0 Å². The number of sulfone groups is 1. The van der Waals surface area contributed by atoms with E-state index in [4.69, 9.17) is 18.6 Å². The van der Waals surface area contributed by atoms with Gasteiger partial charge in [0, 0.05) is 5.56 Å². The fourth-order valence-electron chi connectivity index (χ4n) is 1.88. The Balaban J connectivity index is 2.51. The molecule has 0 amide bonds. The minimum atomic E-state index is -3.69. The van der Waals surface area contributed by atoms with E-state index >= 15 is 0 Å². The Morgan fingerprint density at radius 1 is 1.13 bits per heavy atom. The molecule has 1 aromatic carbocycles. The van der Waals surface area contributed by atoms with Gasteiger partial charge >= 0.3 is 5.22 Å². The number of hydrogen-bond acceptors (Lipinski definition) is 8. The Kier molecular flexibility index (Phi) is 4.89. The number of nitrogens with zero attached hydrogens (tertiary/aromatic N) is 2. The average Bonchev–Trinajstić information content (AvgIpc) is 3.04. The summed E-state index contributed by atoms with van der Waals surface area (Å²) in [5.41, 5.74) is 0.437. The molecule has 0 saturated carbocycles. The highest BCUT2D eigenvalue weighted by molar-refractivity contribution is 7.91. The quantitative estimate of drug-likeness (QED) is 0.702. The Morgan fingerprint density at radius 3 is 2.22 bits per heavy atom. The van der Waals surface area contributed by atoms with Crippen LogP contribution in [0.3, 0.4) is 0 Å². The van der Waals surface area contributed by atoms with Crippen molar-refractivity contribution in [2.45, 2.75) is 5.22 Å². The van der Waals surface area contributed by atoms with Gasteiger partial charge in [-0.1, -0.05) is 11.2 Å². The number of rotatable bonds is 7. The molecule has 124 valence electrons. The van der Waals surface area contributed by atoms with Gasteiger partial charge in [-0.15, -0.1) is 11.7 Å². The largest absolute Gasteiger partial charge is 0.493 e. The van der Waals surface area contributed by atoms with Crippen molar-refractivity contribution in [1.29, 1.82) is 0 Å². The summed E-state index contributed by atoms with van der Waals surface area (Å²) in [6.45, 7) is 3.38. The van der Waals surface area contributed by atoms with E-state index in [0.717, 1.165) is 0 Å². The van der Waals surface area contributed by atoms with Crippen LogP contribution >= 0.6 is 0 Å². The second kappa shape index (κ2) is 6.69. The van der Waals surface area contributed by atoms with E-state index in [1.54, 1.807) is 12.1 Å². The standard InChI is InChI=1S/C14H16N2O6S/c1-5-6-23(17,18)14-16-15-13(22-14)9-7-10(19-2)12(21-4)11(8-9)20-3/h5,7-8H,1,6H2,2-4H3. The molecule has 0 aliphatic carbocycles. The van der Waals surface area contributed by atoms with Gasteiger partial charge in [-0.05, 0) is 12.1 Å². The molecule has 0 fully saturated rings. The lowest BCUT2D eigenvalue weighted by Gasteiger charge is -2.12. The summed E-state index contributed by atoms with van der Waals surface area (Å²) in [5.74, 6) is 0.903. The third-order valence-electron chi connectivity index (χ3n) is 2.92. The van der Waals surface area contributed by atoms with Crippen LogP contribution in [0.15, 0.2) is 34.4 Å². The number of methoxy groups -OCH3 is 3. The SMILES string of the molecule is C=CCS(=O)(=O)c1nnc(-c2cc(OC)c(OC)c(OC)c2)o1. The molecule has 1 aromatic heterocycles. The van der Waals surface area contributed by atoms with E-state index in [0.29, 0.717) is 22.8 Å². The zero-order valence-corrected chi connectivity index (χ0v) is 13.7. The molecule has 2 rings (SSSR count). The van der Waals surface area contributed by atoms with Crippen LogP contribution in [0.25, 0.3) is 11.5 Å². The van der Waals surface area contributed by atoms with Crippen molar-refractivity contribution in [3.05, 3.63) is 24.8 Å². The van der Waals surface area contributed by atoms with Crippen molar-refractivity contribution < 1.29 is 27.0 Å². The van der Waals surface area contributed by atoms with Crippen LogP contribution in [-0.4, -0.2) is 45.7 Å². The Bertz CT molecular complexity index is 787. The fraction of sp³-hybridized carbons (Fsp3) is 0.286. The molecular weight excluding hydrogens is 324 g/mol. The number of hydrogen-bond donors (Lipinski definition) is 0. The maximum absolute atomic E-state index is 11.9. The van der Waals surface area contributed by atoms with E-state index in [9.17, 15) is 8.42 Å². The summed E-state index contributed by atoms with van der Waals surface area (Å²) < 4.78 is 44.7. The van der Waals surface area contributed by atoms with Crippen molar-refractivity contribution >= 4 is 9.84 Å². The van der Waals surface area contributed by atoms with Crippen LogP contribution in [0.5, 0.6) is 17.2 Å². The fourth-order valence-corrected chi connectivity index (χ4v) is 2.71. The minimum absolute atomic E-state index is 0.0203. The highest BCUT2D eigenvalue weighted by Crippen LogP contribution is 2.40. The van der Waals surface area contributed by atoms with Gasteiger partial charge < -0.3 is 18.6 Å². The van der Waals surface area contributed by atoms with E-state index in [-0.39, 0.29) is 11.6 Å². The summed E-state index contributed by atoms with van der Waals surface area (Å²) >= 11 is 0. The lowest BCUT2D eigenvalue weighted by Crippen LogP contribution is -2.04. The van der Waals surface area contributed by atoms with Crippen LogP contribution in [0.1, 0.15) is 0 Å². The normalized spacial score (nSPS) is 11.1. The van der Waals surface area contributed by atoms with E-state index in [1.165, 1.54) is 27.4 Å². The molecule has 0 radical (unpaired) electrons. The smallest absolute Gasteiger partial charge is 0.336 e. The van der Waals surface area contributed by atoms with Crippen LogP contribution in [0, 0.1) is 0 Å². The van der Waals surface area contributed by atoms with Gasteiger partial charge in [-0.25, -0.2) is 8.42 Å². The zero-order chi connectivity index (χ0) is 17.0. The molecule has 0 N–H and O–H groups in total. The van der Waals surface area contributed by atoms with Gasteiger partial charge in [0.2, 0.25) is 21.5 Å². The van der Waals surface area contributed by atoms with Gasteiger partial charge in [-0.2, -0.15) is 0 Å². The third-order valence-corrected chi connectivity index (χ3v) is 4.29. The molecule has 2 aromatic rings. The number of ether oxygens (including phenoxy) is 3. The summed E-state index contributed by atoms with van der Waals surface area (Å²) in [6.07, 6.45) is 1.25. The third kappa shape index (κ3) is 3.29. The molecule has 0 aliphatic rings. The van der Waals surface area contributed by atoms with Crippen LogP contribution in [-0.2, 0) is 9.84 Å². The predicted molar refractivity (Wildman–Crippen MR) is 81.6 cm³/mol. The predicted octanol–water partition coefficient (Wildman–Crippen LogP) is 1.72. The first-order valence-electron chi connectivity index (χ1n) is 6.44. The van der Waals surface area contributed by atoms with Gasteiger partial charge in [-0.3, -0.25) is 0 Å². The molecule has 0 spiro atoms. The van der Waals surface area contributed by atoms with Crippen molar-refractivity contribution in [3.8, 4) is 28.7 Å². The first-order valence-corrected chi connectivity index (χ1v) is 8.09. The Morgan fingerprint density at radius 2 is 1.74 bits per heavy atom. The molecule has 23 heavy (non-hydrogen) atoms. The molecule has 8 nitrogen and oxygen atoms in total. The van der Waals surface area contributed by atoms with Crippen LogP contribution in [0.4, 0.5) is 0 Å². The van der Waals surface area contributed by atoms with Crippen molar-refractivity contribution in [2.24, 2.45) is 0 Å². The molecule has 0 saturated heterocycles. The lowest BCUT2D eigenvalue weighted by molar-refractivity contribution is 0.324.